The van der Waals surface area contributed by atoms with Crippen LogP contribution in [0.3, 0.4) is 0 Å². The van der Waals surface area contributed by atoms with Gasteiger partial charge >= 0.3 is 19.4 Å². The van der Waals surface area contributed by atoms with Crippen LogP contribution in [-0.4, -0.2) is 46.0 Å². The van der Waals surface area contributed by atoms with Gasteiger partial charge in [-0.1, -0.05) is 24.8 Å². The molecule has 1 heterocycles. The van der Waals surface area contributed by atoms with Crippen molar-refractivity contribution in [3.05, 3.63) is 65.2 Å². The summed E-state index contributed by atoms with van der Waals surface area (Å²) in [7, 11) is -4.07. The van der Waals surface area contributed by atoms with E-state index in [-0.39, 0.29) is 30.9 Å². The first kappa shape index (κ1) is 26.6. The van der Waals surface area contributed by atoms with E-state index in [0.29, 0.717) is 5.57 Å². The molecule has 0 aliphatic heterocycles. The molecule has 11 nitrogen and oxygen atoms in total. The summed E-state index contributed by atoms with van der Waals surface area (Å²) in [4.78, 5) is 28.3. The molecular formula is C23H31N4O7P. The summed E-state index contributed by atoms with van der Waals surface area (Å²) in [6, 6.07) is 8.36. The van der Waals surface area contributed by atoms with Crippen LogP contribution in [0.4, 0.5) is 5.82 Å². The van der Waals surface area contributed by atoms with Gasteiger partial charge in [0.1, 0.15) is 17.6 Å². The van der Waals surface area contributed by atoms with Crippen molar-refractivity contribution < 1.29 is 28.3 Å². The van der Waals surface area contributed by atoms with Gasteiger partial charge in [0.25, 0.3) is 0 Å². The molecule has 190 valence electrons. The fraction of sp³-hybridized carbons (Fsp3) is 0.435. The number of carbonyl (C=O) groups is 1. The molecule has 1 saturated carbocycles. The van der Waals surface area contributed by atoms with Crippen LogP contribution >= 0.6 is 7.75 Å². The SMILES string of the molecule is C=C1[C@@H](n2ccc(N)nc2=O)[C@H](CO)[C@H]1COP(=O)(NC(C)C(=O)OC(C)C)Oc1ccccc1. The number of carbonyl (C=O) groups excluding carboxylic acids is 1. The lowest BCUT2D eigenvalue weighted by Crippen LogP contribution is -2.48. The maximum atomic E-state index is 13.6. The smallest absolute Gasteiger partial charge is 0.459 e. The molecular weight excluding hydrogens is 475 g/mol. The van der Waals surface area contributed by atoms with Gasteiger partial charge in [-0.15, -0.1) is 0 Å². The van der Waals surface area contributed by atoms with E-state index in [4.69, 9.17) is 19.5 Å². The molecule has 12 heteroatoms. The third-order valence-corrected chi connectivity index (χ3v) is 7.23. The van der Waals surface area contributed by atoms with Crippen LogP contribution in [-0.2, 0) is 18.6 Å². The Kier molecular flexibility index (Phi) is 8.50. The number of aliphatic hydroxyl groups excluding tert-OH is 1. The molecule has 1 aromatic carbocycles. The third kappa shape index (κ3) is 6.37. The molecule has 1 fully saturated rings. The van der Waals surface area contributed by atoms with Crippen molar-refractivity contribution >= 4 is 19.5 Å². The van der Waals surface area contributed by atoms with Crippen molar-refractivity contribution in [2.45, 2.75) is 39.0 Å². The second-order valence-electron chi connectivity index (χ2n) is 8.55. The molecule has 0 saturated heterocycles. The van der Waals surface area contributed by atoms with Crippen molar-refractivity contribution in [1.29, 1.82) is 0 Å². The van der Waals surface area contributed by atoms with E-state index < -0.39 is 43.3 Å². The van der Waals surface area contributed by atoms with E-state index in [1.165, 1.54) is 23.8 Å². The molecule has 2 aromatic rings. The number of nitrogens with two attached hydrogens (primary N) is 1. The summed E-state index contributed by atoms with van der Waals surface area (Å²) in [6.45, 7) is 8.52. The molecule has 0 amide bonds. The van der Waals surface area contributed by atoms with Gasteiger partial charge in [-0.3, -0.25) is 13.9 Å². The zero-order valence-corrected chi connectivity index (χ0v) is 20.8. The number of hydrogen-bond donors (Lipinski definition) is 3. The standard InChI is InChI=1S/C23H31N4O7P/c1-14(2)33-22(29)16(4)26-35(31,34-17-8-6-5-7-9-17)32-13-19-15(3)21(18(19)12-28)27-11-10-20(24)25-23(27)30/h5-11,14,16,18-19,21,28H,3,12-13H2,1-2,4H3,(H,26,31)(H2,24,25,30)/t16?,18-,19+,21-,35?/m1/s1. The summed E-state index contributed by atoms with van der Waals surface area (Å²) in [5.74, 6) is -1.12. The van der Waals surface area contributed by atoms with E-state index >= 15 is 0 Å². The number of aromatic nitrogens is 2. The highest BCUT2D eigenvalue weighted by atomic mass is 31.2. The second-order valence-corrected chi connectivity index (χ2v) is 10.2. The van der Waals surface area contributed by atoms with E-state index in [2.05, 4.69) is 16.7 Å². The maximum absolute atomic E-state index is 13.6. The number of hydrogen-bond acceptors (Lipinski definition) is 9. The average Bonchev–Trinajstić information content (AvgIpc) is 2.78. The third-order valence-electron chi connectivity index (χ3n) is 5.59. The van der Waals surface area contributed by atoms with Crippen LogP contribution in [0.15, 0.2) is 59.5 Å². The molecule has 0 spiro atoms. The minimum absolute atomic E-state index is 0.0896. The monoisotopic (exact) mass is 506 g/mol. The Balaban J connectivity index is 1.76. The number of nitrogens with one attached hydrogen (secondary N) is 1. The van der Waals surface area contributed by atoms with E-state index in [9.17, 15) is 19.3 Å². The van der Waals surface area contributed by atoms with Crippen molar-refractivity contribution in [3.63, 3.8) is 0 Å². The van der Waals surface area contributed by atoms with Crippen molar-refractivity contribution in [2.75, 3.05) is 18.9 Å². The minimum Gasteiger partial charge on any atom is -0.462 e. The molecule has 4 N–H and O–H groups in total. The van der Waals surface area contributed by atoms with Gasteiger partial charge in [-0.2, -0.15) is 10.1 Å². The molecule has 1 aliphatic rings. The molecule has 1 aliphatic carbocycles. The van der Waals surface area contributed by atoms with Gasteiger partial charge in [-0.25, -0.2) is 9.36 Å². The second kappa shape index (κ2) is 11.2. The number of esters is 1. The van der Waals surface area contributed by atoms with Crippen LogP contribution in [0.5, 0.6) is 5.75 Å². The number of nitrogen functional groups attached to an aromatic ring is 1. The number of para-hydroxylation sites is 1. The number of ether oxygens (including phenoxy) is 1. The van der Waals surface area contributed by atoms with Crippen LogP contribution in [0, 0.1) is 11.8 Å². The zero-order chi connectivity index (χ0) is 25.8. The summed E-state index contributed by atoms with van der Waals surface area (Å²) in [6.07, 6.45) is 1.14. The Bertz CT molecular complexity index is 1150. The average molecular weight is 506 g/mol. The first-order valence-corrected chi connectivity index (χ1v) is 12.7. The first-order chi connectivity index (χ1) is 16.5. The molecule has 35 heavy (non-hydrogen) atoms. The Morgan fingerprint density at radius 2 is 1.97 bits per heavy atom. The lowest BCUT2D eigenvalue weighted by atomic mass is 9.66. The number of benzene rings is 1. The predicted molar refractivity (Wildman–Crippen MR) is 130 cm³/mol. The van der Waals surface area contributed by atoms with Gasteiger partial charge in [0.05, 0.1) is 18.8 Å². The molecule has 1 aromatic heterocycles. The van der Waals surface area contributed by atoms with Crippen LogP contribution in [0.25, 0.3) is 0 Å². The Hall–Kier alpha value is -2.98. The quantitative estimate of drug-likeness (QED) is 0.235. The summed E-state index contributed by atoms with van der Waals surface area (Å²) in [5.41, 5.74) is 5.59. The fourth-order valence-corrected chi connectivity index (χ4v) is 5.38. The number of rotatable bonds is 11. The maximum Gasteiger partial charge on any atom is 0.459 e. The lowest BCUT2D eigenvalue weighted by Gasteiger charge is -2.46. The minimum atomic E-state index is -4.07. The summed E-state index contributed by atoms with van der Waals surface area (Å²) >= 11 is 0. The summed E-state index contributed by atoms with van der Waals surface area (Å²) in [5, 5.41) is 12.6. The Morgan fingerprint density at radius 3 is 2.57 bits per heavy atom. The number of anilines is 1. The number of nitrogens with zero attached hydrogens (tertiary/aromatic N) is 2. The highest BCUT2D eigenvalue weighted by Gasteiger charge is 2.47. The normalized spacial score (nSPS) is 22.2. The number of aliphatic hydroxyl groups is 1. The van der Waals surface area contributed by atoms with Gasteiger partial charge in [0.15, 0.2) is 0 Å². The first-order valence-electron chi connectivity index (χ1n) is 11.2. The largest absolute Gasteiger partial charge is 0.462 e. The molecule has 2 unspecified atom stereocenters. The summed E-state index contributed by atoms with van der Waals surface area (Å²) < 4.78 is 31.5. The van der Waals surface area contributed by atoms with Crippen molar-refractivity contribution in [2.24, 2.45) is 11.8 Å². The molecule has 0 radical (unpaired) electrons. The molecule has 3 rings (SSSR count). The predicted octanol–water partition coefficient (Wildman–Crippen LogP) is 2.29. The van der Waals surface area contributed by atoms with Crippen LogP contribution < -0.4 is 21.0 Å². The Morgan fingerprint density at radius 1 is 1.29 bits per heavy atom. The molecule has 5 atom stereocenters. The van der Waals surface area contributed by atoms with Crippen LogP contribution in [0.2, 0.25) is 0 Å². The highest BCUT2D eigenvalue weighted by Crippen LogP contribution is 2.51. The van der Waals surface area contributed by atoms with Gasteiger partial charge in [-0.05, 0) is 44.5 Å². The Labute approximate surface area is 203 Å². The van der Waals surface area contributed by atoms with Crippen molar-refractivity contribution in [3.8, 4) is 5.75 Å². The molecule has 0 bridgehead atoms. The van der Waals surface area contributed by atoms with Crippen LogP contribution in [0.1, 0.15) is 26.8 Å². The van der Waals surface area contributed by atoms with E-state index in [1.54, 1.807) is 44.2 Å². The van der Waals surface area contributed by atoms with Gasteiger partial charge in [0, 0.05) is 24.6 Å². The zero-order valence-electron chi connectivity index (χ0n) is 19.9. The van der Waals surface area contributed by atoms with E-state index in [1.807, 2.05) is 0 Å². The van der Waals surface area contributed by atoms with Crippen molar-refractivity contribution in [1.82, 2.24) is 14.6 Å². The van der Waals surface area contributed by atoms with Gasteiger partial charge in [0.2, 0.25) is 0 Å². The fourth-order valence-electron chi connectivity index (χ4n) is 3.86. The van der Waals surface area contributed by atoms with E-state index in [0.717, 1.165) is 0 Å². The topological polar surface area (TPSA) is 155 Å². The highest BCUT2D eigenvalue weighted by molar-refractivity contribution is 7.52. The van der Waals surface area contributed by atoms with Gasteiger partial charge < -0.3 is 20.1 Å². The lowest BCUT2D eigenvalue weighted by molar-refractivity contribution is -0.149.